The van der Waals surface area contributed by atoms with Crippen molar-refractivity contribution in [3.63, 3.8) is 0 Å². The first kappa shape index (κ1) is 15.3. The van der Waals surface area contributed by atoms with Gasteiger partial charge in [0, 0.05) is 30.1 Å². The Bertz CT molecular complexity index is 703. The molecule has 1 fully saturated rings. The first-order chi connectivity index (χ1) is 11.1. The normalized spacial score (nSPS) is 13.6. The lowest BCUT2D eigenvalue weighted by Crippen LogP contribution is -2.15. The Hall–Kier alpha value is -2.56. The van der Waals surface area contributed by atoms with E-state index >= 15 is 0 Å². The fraction of sp³-hybridized carbons (Fsp3) is 0.333. The van der Waals surface area contributed by atoms with Crippen LogP contribution in [-0.4, -0.2) is 11.8 Å². The molecule has 2 amide bonds. The van der Waals surface area contributed by atoms with Crippen LogP contribution in [0.5, 0.6) is 0 Å². The second-order valence-electron chi connectivity index (χ2n) is 5.92. The molecule has 2 aromatic rings. The van der Waals surface area contributed by atoms with Crippen molar-refractivity contribution >= 4 is 23.2 Å². The molecule has 3 rings (SSSR count). The zero-order valence-electron chi connectivity index (χ0n) is 13.1. The molecule has 23 heavy (non-hydrogen) atoms. The summed E-state index contributed by atoms with van der Waals surface area (Å²) in [6.45, 7) is 1.93. The Morgan fingerprint density at radius 1 is 1.22 bits per heavy atom. The van der Waals surface area contributed by atoms with Crippen molar-refractivity contribution in [1.29, 1.82) is 0 Å². The van der Waals surface area contributed by atoms with Gasteiger partial charge in [-0.3, -0.25) is 9.59 Å². The van der Waals surface area contributed by atoms with E-state index in [1.54, 1.807) is 12.3 Å². The van der Waals surface area contributed by atoms with Gasteiger partial charge in [0.15, 0.2) is 0 Å². The summed E-state index contributed by atoms with van der Waals surface area (Å²) in [5, 5.41) is 5.79. The molecule has 1 heterocycles. The van der Waals surface area contributed by atoms with Crippen LogP contribution in [0.25, 0.3) is 0 Å². The first-order valence-corrected chi connectivity index (χ1v) is 7.85. The van der Waals surface area contributed by atoms with E-state index in [1.807, 2.05) is 31.2 Å². The summed E-state index contributed by atoms with van der Waals surface area (Å²) in [5.41, 5.74) is 2.40. The van der Waals surface area contributed by atoms with Crippen LogP contribution >= 0.6 is 0 Å². The van der Waals surface area contributed by atoms with Gasteiger partial charge in [-0.15, -0.1) is 0 Å². The Balaban J connectivity index is 1.59. The van der Waals surface area contributed by atoms with Crippen LogP contribution in [-0.2, 0) is 16.0 Å². The maximum Gasteiger partial charge on any atom is 0.227 e. The molecule has 1 aromatic carbocycles. The molecule has 1 saturated carbocycles. The summed E-state index contributed by atoms with van der Waals surface area (Å²) in [5.74, 6) is 0.934. The topological polar surface area (TPSA) is 71.3 Å². The highest BCUT2D eigenvalue weighted by atomic mass is 16.3. The van der Waals surface area contributed by atoms with Gasteiger partial charge in [-0.25, -0.2) is 0 Å². The van der Waals surface area contributed by atoms with E-state index in [0.29, 0.717) is 18.5 Å². The molecule has 0 atom stereocenters. The van der Waals surface area contributed by atoms with Crippen molar-refractivity contribution in [3.05, 3.63) is 47.9 Å². The average molecular weight is 312 g/mol. The van der Waals surface area contributed by atoms with E-state index in [-0.39, 0.29) is 17.7 Å². The number of hydrogen-bond donors (Lipinski definition) is 2. The molecule has 5 nitrogen and oxygen atoms in total. The van der Waals surface area contributed by atoms with Gasteiger partial charge in [-0.05, 0) is 49.6 Å². The smallest absolute Gasteiger partial charge is 0.227 e. The van der Waals surface area contributed by atoms with Crippen LogP contribution in [0.15, 0.2) is 41.0 Å². The largest absolute Gasteiger partial charge is 0.469 e. The lowest BCUT2D eigenvalue weighted by Gasteiger charge is -2.11. The Morgan fingerprint density at radius 3 is 2.74 bits per heavy atom. The quantitative estimate of drug-likeness (QED) is 0.857. The maximum atomic E-state index is 12.1. The lowest BCUT2D eigenvalue weighted by molar-refractivity contribution is -0.117. The number of hydrogen-bond acceptors (Lipinski definition) is 3. The number of carbonyl (C=O) groups is 2. The number of nitrogens with one attached hydrogen (secondary N) is 2. The van der Waals surface area contributed by atoms with E-state index in [4.69, 9.17) is 4.42 Å². The third kappa shape index (κ3) is 4.22. The second kappa shape index (κ2) is 6.69. The average Bonchev–Trinajstić information content (AvgIpc) is 3.25. The van der Waals surface area contributed by atoms with Crippen LogP contribution in [0.3, 0.4) is 0 Å². The summed E-state index contributed by atoms with van der Waals surface area (Å²) in [7, 11) is 0. The van der Waals surface area contributed by atoms with Crippen LogP contribution in [0.4, 0.5) is 11.4 Å². The highest BCUT2D eigenvalue weighted by molar-refractivity contribution is 5.96. The van der Waals surface area contributed by atoms with E-state index in [9.17, 15) is 9.59 Å². The molecule has 0 unspecified atom stereocenters. The number of anilines is 2. The summed E-state index contributed by atoms with van der Waals surface area (Å²) in [6.07, 6.45) is 4.45. The predicted molar refractivity (Wildman–Crippen MR) is 88.2 cm³/mol. The zero-order chi connectivity index (χ0) is 16.2. The van der Waals surface area contributed by atoms with Crippen molar-refractivity contribution < 1.29 is 14.0 Å². The third-order valence-electron chi connectivity index (χ3n) is 3.91. The SMILES string of the molecule is Cc1ccc(NC(=O)C2CC2)cc1NC(=O)CCc1ccco1. The molecule has 1 aliphatic carbocycles. The molecule has 0 saturated heterocycles. The highest BCUT2D eigenvalue weighted by Gasteiger charge is 2.29. The summed E-state index contributed by atoms with van der Waals surface area (Å²) < 4.78 is 5.22. The lowest BCUT2D eigenvalue weighted by atomic mass is 10.1. The fourth-order valence-corrected chi connectivity index (χ4v) is 2.33. The van der Waals surface area contributed by atoms with Crippen LogP contribution < -0.4 is 10.6 Å². The number of furan rings is 1. The number of carbonyl (C=O) groups excluding carboxylic acids is 2. The molecule has 0 spiro atoms. The highest BCUT2D eigenvalue weighted by Crippen LogP contribution is 2.30. The Kier molecular flexibility index (Phi) is 4.46. The van der Waals surface area contributed by atoms with Gasteiger partial charge in [0.2, 0.25) is 11.8 Å². The van der Waals surface area contributed by atoms with Gasteiger partial charge in [-0.1, -0.05) is 6.07 Å². The minimum Gasteiger partial charge on any atom is -0.469 e. The van der Waals surface area contributed by atoms with Crippen LogP contribution in [0.2, 0.25) is 0 Å². The third-order valence-corrected chi connectivity index (χ3v) is 3.91. The molecule has 1 aromatic heterocycles. The number of benzene rings is 1. The minimum absolute atomic E-state index is 0.0592. The van der Waals surface area contributed by atoms with Gasteiger partial charge >= 0.3 is 0 Å². The Labute approximate surface area is 135 Å². The molecule has 0 radical (unpaired) electrons. The van der Waals surface area contributed by atoms with E-state index < -0.39 is 0 Å². The standard InChI is InChI=1S/C18H20N2O3/c1-12-4-7-14(19-18(22)13-5-6-13)11-16(12)20-17(21)9-8-15-3-2-10-23-15/h2-4,7,10-11,13H,5-6,8-9H2,1H3,(H,19,22)(H,20,21). The van der Waals surface area contributed by atoms with E-state index in [1.165, 1.54) is 0 Å². The molecule has 2 N–H and O–H groups in total. The predicted octanol–water partition coefficient (Wildman–Crippen LogP) is 3.51. The molecular formula is C18H20N2O3. The summed E-state index contributed by atoms with van der Waals surface area (Å²) in [4.78, 5) is 23.9. The molecule has 5 heteroatoms. The van der Waals surface area contributed by atoms with Gasteiger partial charge in [0.05, 0.1) is 6.26 Å². The van der Waals surface area contributed by atoms with Crippen molar-refractivity contribution in [2.75, 3.05) is 10.6 Å². The monoisotopic (exact) mass is 312 g/mol. The molecule has 120 valence electrons. The first-order valence-electron chi connectivity index (χ1n) is 7.85. The number of rotatable bonds is 6. The molecule has 0 aliphatic heterocycles. The van der Waals surface area contributed by atoms with Crippen molar-refractivity contribution in [2.45, 2.75) is 32.6 Å². The van der Waals surface area contributed by atoms with E-state index in [2.05, 4.69) is 10.6 Å². The number of amides is 2. The van der Waals surface area contributed by atoms with Crippen molar-refractivity contribution in [3.8, 4) is 0 Å². The second-order valence-corrected chi connectivity index (χ2v) is 5.92. The summed E-state index contributed by atoms with van der Waals surface area (Å²) >= 11 is 0. The molecule has 1 aliphatic rings. The van der Waals surface area contributed by atoms with Gasteiger partial charge in [0.25, 0.3) is 0 Å². The molecular weight excluding hydrogens is 292 g/mol. The minimum atomic E-state index is -0.0739. The Morgan fingerprint density at radius 2 is 2.04 bits per heavy atom. The van der Waals surface area contributed by atoms with Crippen molar-refractivity contribution in [1.82, 2.24) is 0 Å². The summed E-state index contributed by atoms with van der Waals surface area (Å²) in [6, 6.07) is 9.22. The van der Waals surface area contributed by atoms with Gasteiger partial charge < -0.3 is 15.1 Å². The fourth-order valence-electron chi connectivity index (χ4n) is 2.33. The van der Waals surface area contributed by atoms with Crippen molar-refractivity contribution in [2.24, 2.45) is 5.92 Å². The van der Waals surface area contributed by atoms with Gasteiger partial charge in [-0.2, -0.15) is 0 Å². The van der Waals surface area contributed by atoms with Crippen LogP contribution in [0, 0.1) is 12.8 Å². The zero-order valence-corrected chi connectivity index (χ0v) is 13.1. The van der Waals surface area contributed by atoms with E-state index in [0.717, 1.165) is 29.9 Å². The van der Waals surface area contributed by atoms with Crippen LogP contribution in [0.1, 0.15) is 30.6 Å². The van der Waals surface area contributed by atoms with Gasteiger partial charge in [0.1, 0.15) is 5.76 Å². The maximum absolute atomic E-state index is 12.1. The molecule has 0 bridgehead atoms. The number of aryl methyl sites for hydroxylation is 2.